The lowest BCUT2D eigenvalue weighted by molar-refractivity contribution is 0.102. The molecule has 0 aliphatic heterocycles. The van der Waals surface area contributed by atoms with E-state index in [1.54, 1.807) is 29.6 Å². The average Bonchev–Trinajstić information content (AvgIpc) is 3.37. The predicted octanol–water partition coefficient (Wildman–Crippen LogP) is 1.71. The van der Waals surface area contributed by atoms with Crippen LogP contribution in [0.15, 0.2) is 46.3 Å². The predicted molar refractivity (Wildman–Crippen MR) is 122 cm³/mol. The summed E-state index contributed by atoms with van der Waals surface area (Å²) in [6.07, 6.45) is 1.63. The van der Waals surface area contributed by atoms with Crippen LogP contribution in [0, 0.1) is 0 Å². The molecule has 0 amide bonds. The molecular weight excluding hydrogens is 458 g/mol. The molecule has 162 valence electrons. The second-order valence-electron chi connectivity index (χ2n) is 6.89. The standard InChI is InChI=1S/C19H19N5O4S3/c1-23-17(26)13-5-3-4-6-14(13)24-18(23)21-22-19(24)29-11-15(25)16-8-7-12(30-16)9-10-20-31(2,27)28/h3-8,20H,9-11H2,1-2H3. The Hall–Kier alpha value is -2.54. The highest BCUT2D eigenvalue weighted by molar-refractivity contribution is 7.99. The molecule has 0 spiro atoms. The maximum Gasteiger partial charge on any atom is 0.262 e. The van der Waals surface area contributed by atoms with E-state index >= 15 is 0 Å². The Kier molecular flexibility index (Phi) is 5.97. The number of aryl methyl sites for hydroxylation is 1. The van der Waals surface area contributed by atoms with Gasteiger partial charge in [0.05, 0.1) is 27.8 Å². The van der Waals surface area contributed by atoms with Crippen LogP contribution in [0.1, 0.15) is 14.5 Å². The number of nitrogens with zero attached hydrogens (tertiary/aromatic N) is 4. The molecule has 0 saturated carbocycles. The summed E-state index contributed by atoms with van der Waals surface area (Å²) in [5.74, 6) is 0.526. The summed E-state index contributed by atoms with van der Waals surface area (Å²) in [7, 11) is -1.59. The van der Waals surface area contributed by atoms with Gasteiger partial charge in [0.15, 0.2) is 10.9 Å². The Balaban J connectivity index is 1.51. The number of aromatic nitrogens is 4. The van der Waals surface area contributed by atoms with Crippen LogP contribution in [0.2, 0.25) is 0 Å². The quantitative estimate of drug-likeness (QED) is 0.303. The Morgan fingerprint density at radius 3 is 2.74 bits per heavy atom. The lowest BCUT2D eigenvalue weighted by Crippen LogP contribution is -2.23. The van der Waals surface area contributed by atoms with Crippen molar-refractivity contribution >= 4 is 55.6 Å². The van der Waals surface area contributed by atoms with Crippen LogP contribution in [0.4, 0.5) is 0 Å². The SMILES string of the molecule is Cn1c(=O)c2ccccc2n2c(SCC(=O)c3ccc(CCNS(C)(=O)=O)s3)nnc12. The minimum atomic E-state index is -3.23. The number of rotatable bonds is 8. The summed E-state index contributed by atoms with van der Waals surface area (Å²) >= 11 is 2.61. The molecule has 9 nitrogen and oxygen atoms in total. The normalized spacial score (nSPS) is 12.1. The highest BCUT2D eigenvalue weighted by Crippen LogP contribution is 2.24. The van der Waals surface area contributed by atoms with Gasteiger partial charge in [0.1, 0.15) is 0 Å². The summed E-state index contributed by atoms with van der Waals surface area (Å²) in [5.41, 5.74) is 0.539. The minimum absolute atomic E-state index is 0.0526. The molecule has 4 aromatic rings. The zero-order chi connectivity index (χ0) is 22.2. The molecule has 3 heterocycles. The lowest BCUT2D eigenvalue weighted by atomic mass is 10.2. The van der Waals surface area contributed by atoms with E-state index in [0.29, 0.717) is 39.7 Å². The van der Waals surface area contributed by atoms with Crippen LogP contribution < -0.4 is 10.3 Å². The van der Waals surface area contributed by atoms with Crippen molar-refractivity contribution in [3.05, 3.63) is 56.5 Å². The Bertz CT molecular complexity index is 1450. The molecule has 0 radical (unpaired) electrons. The molecule has 12 heteroatoms. The van der Waals surface area contributed by atoms with Gasteiger partial charge in [-0.1, -0.05) is 23.9 Å². The van der Waals surface area contributed by atoms with Crippen LogP contribution in [-0.4, -0.2) is 51.9 Å². The van der Waals surface area contributed by atoms with Gasteiger partial charge in [-0.3, -0.25) is 18.6 Å². The maximum atomic E-state index is 12.7. The molecule has 0 aliphatic carbocycles. The van der Waals surface area contributed by atoms with Crippen molar-refractivity contribution in [2.75, 3.05) is 18.6 Å². The summed E-state index contributed by atoms with van der Waals surface area (Å²) in [4.78, 5) is 26.7. The van der Waals surface area contributed by atoms with Crippen molar-refractivity contribution in [2.24, 2.45) is 7.05 Å². The van der Waals surface area contributed by atoms with Gasteiger partial charge in [0, 0.05) is 18.5 Å². The molecule has 31 heavy (non-hydrogen) atoms. The van der Waals surface area contributed by atoms with Crippen molar-refractivity contribution < 1.29 is 13.2 Å². The Labute approximate surface area is 186 Å². The van der Waals surface area contributed by atoms with Gasteiger partial charge < -0.3 is 0 Å². The number of para-hydroxylation sites is 1. The molecule has 0 unspecified atom stereocenters. The largest absolute Gasteiger partial charge is 0.292 e. The van der Waals surface area contributed by atoms with E-state index in [4.69, 9.17) is 0 Å². The van der Waals surface area contributed by atoms with Gasteiger partial charge in [-0.2, -0.15) is 0 Å². The van der Waals surface area contributed by atoms with Crippen LogP contribution >= 0.6 is 23.1 Å². The van der Waals surface area contributed by atoms with E-state index in [0.717, 1.165) is 11.1 Å². The molecule has 0 aliphatic rings. The van der Waals surface area contributed by atoms with Crippen LogP contribution in [0.3, 0.4) is 0 Å². The van der Waals surface area contributed by atoms with E-state index in [2.05, 4.69) is 14.9 Å². The monoisotopic (exact) mass is 477 g/mol. The number of fused-ring (bicyclic) bond motifs is 3. The number of benzene rings is 1. The van der Waals surface area contributed by atoms with E-state index in [-0.39, 0.29) is 17.1 Å². The first-order valence-electron chi connectivity index (χ1n) is 9.27. The molecule has 3 aromatic heterocycles. The molecule has 1 aromatic carbocycles. The fourth-order valence-corrected chi connectivity index (χ4v) is 5.46. The second kappa shape index (κ2) is 8.54. The number of sulfonamides is 1. The Morgan fingerprint density at radius 1 is 1.19 bits per heavy atom. The van der Waals surface area contributed by atoms with E-state index in [1.807, 2.05) is 18.2 Å². The van der Waals surface area contributed by atoms with Crippen molar-refractivity contribution in [1.82, 2.24) is 23.9 Å². The number of Topliss-reactive ketones (excluding diaryl/α,β-unsaturated/α-hetero) is 1. The maximum absolute atomic E-state index is 12.7. The number of ketones is 1. The number of nitrogens with one attached hydrogen (secondary N) is 1. The third-order valence-corrected chi connectivity index (χ3v) is 7.44. The fourth-order valence-electron chi connectivity index (χ4n) is 3.13. The zero-order valence-corrected chi connectivity index (χ0v) is 19.2. The van der Waals surface area contributed by atoms with Crippen LogP contribution in [0.25, 0.3) is 16.7 Å². The number of hydrogen-bond donors (Lipinski definition) is 1. The minimum Gasteiger partial charge on any atom is -0.292 e. The number of carbonyl (C=O) groups excluding carboxylic acids is 1. The topological polar surface area (TPSA) is 115 Å². The third-order valence-electron chi connectivity index (χ3n) is 4.60. The lowest BCUT2D eigenvalue weighted by Gasteiger charge is -2.07. The Morgan fingerprint density at radius 2 is 1.97 bits per heavy atom. The number of thiophene rings is 1. The first kappa shape index (κ1) is 21.7. The van der Waals surface area contributed by atoms with Gasteiger partial charge in [-0.25, -0.2) is 13.1 Å². The van der Waals surface area contributed by atoms with Gasteiger partial charge in [0.25, 0.3) is 5.56 Å². The van der Waals surface area contributed by atoms with Crippen molar-refractivity contribution in [2.45, 2.75) is 11.6 Å². The van der Waals surface area contributed by atoms with Crippen LogP contribution in [-0.2, 0) is 23.5 Å². The first-order valence-corrected chi connectivity index (χ1v) is 13.0. The molecule has 1 N–H and O–H groups in total. The summed E-state index contributed by atoms with van der Waals surface area (Å²) in [6.45, 7) is 0.291. The molecule has 0 saturated heterocycles. The fraction of sp³-hybridized carbons (Fsp3) is 0.263. The molecular formula is C19H19N5O4S3. The van der Waals surface area contributed by atoms with E-state index in [1.165, 1.54) is 27.7 Å². The average molecular weight is 478 g/mol. The van der Waals surface area contributed by atoms with Crippen molar-refractivity contribution in [1.29, 1.82) is 0 Å². The number of thioether (sulfide) groups is 1. The van der Waals surface area contributed by atoms with Crippen LogP contribution in [0.5, 0.6) is 0 Å². The van der Waals surface area contributed by atoms with Crippen molar-refractivity contribution in [3.8, 4) is 0 Å². The number of carbonyl (C=O) groups is 1. The molecule has 0 atom stereocenters. The first-order chi connectivity index (χ1) is 14.7. The van der Waals surface area contributed by atoms with Gasteiger partial charge in [0.2, 0.25) is 15.8 Å². The highest BCUT2D eigenvalue weighted by Gasteiger charge is 2.17. The van der Waals surface area contributed by atoms with Crippen molar-refractivity contribution in [3.63, 3.8) is 0 Å². The highest BCUT2D eigenvalue weighted by atomic mass is 32.2. The van der Waals surface area contributed by atoms with Gasteiger partial charge in [-0.15, -0.1) is 21.5 Å². The zero-order valence-electron chi connectivity index (χ0n) is 16.7. The number of hydrogen-bond acceptors (Lipinski definition) is 8. The smallest absolute Gasteiger partial charge is 0.262 e. The van der Waals surface area contributed by atoms with Gasteiger partial charge in [-0.05, 0) is 30.7 Å². The summed E-state index contributed by atoms with van der Waals surface area (Å²) in [5, 5.41) is 9.40. The molecule has 0 bridgehead atoms. The summed E-state index contributed by atoms with van der Waals surface area (Å²) in [6, 6.07) is 10.8. The molecule has 0 fully saturated rings. The van der Waals surface area contributed by atoms with Gasteiger partial charge >= 0.3 is 0 Å². The van der Waals surface area contributed by atoms with E-state index in [9.17, 15) is 18.0 Å². The second-order valence-corrected chi connectivity index (χ2v) is 10.8. The van der Waals surface area contributed by atoms with E-state index < -0.39 is 10.0 Å². The molecule has 4 rings (SSSR count). The third kappa shape index (κ3) is 4.56. The summed E-state index contributed by atoms with van der Waals surface area (Å²) < 4.78 is 28.0.